The topological polar surface area (TPSA) is 37.4 Å². The summed E-state index contributed by atoms with van der Waals surface area (Å²) >= 11 is 3.37. The van der Waals surface area contributed by atoms with Crippen LogP contribution in [0, 0.1) is 0 Å². The number of sulfonamides is 1. The molecule has 2 aromatic carbocycles. The SMILES string of the molecule is O=S(=O)(c1ccc(Br)cc1)N1CC2(CCCCC2)c2ccccc21. The lowest BCUT2D eigenvalue weighted by atomic mass is 9.71. The van der Waals surface area contributed by atoms with Crippen molar-refractivity contribution >= 4 is 31.6 Å². The maximum atomic E-state index is 13.2. The first-order chi connectivity index (χ1) is 11.5. The van der Waals surface area contributed by atoms with Crippen LogP contribution in [-0.2, 0) is 15.4 Å². The number of hydrogen-bond donors (Lipinski definition) is 0. The van der Waals surface area contributed by atoms with Crippen LogP contribution in [0.5, 0.6) is 0 Å². The van der Waals surface area contributed by atoms with Gasteiger partial charge >= 0.3 is 0 Å². The highest BCUT2D eigenvalue weighted by Crippen LogP contribution is 2.50. The Morgan fingerprint density at radius 2 is 1.58 bits per heavy atom. The molecule has 0 unspecified atom stereocenters. The molecule has 0 radical (unpaired) electrons. The molecule has 2 aromatic rings. The second-order valence-corrected chi connectivity index (χ2v) is 9.60. The minimum absolute atomic E-state index is 0.00270. The Morgan fingerprint density at radius 1 is 0.917 bits per heavy atom. The van der Waals surface area contributed by atoms with Crippen molar-refractivity contribution in [3.63, 3.8) is 0 Å². The fourth-order valence-electron chi connectivity index (χ4n) is 4.19. The van der Waals surface area contributed by atoms with E-state index in [1.165, 1.54) is 24.8 Å². The van der Waals surface area contributed by atoms with Crippen LogP contribution in [-0.4, -0.2) is 15.0 Å². The van der Waals surface area contributed by atoms with Gasteiger partial charge in [-0.05, 0) is 48.7 Å². The van der Waals surface area contributed by atoms with Gasteiger partial charge in [-0.25, -0.2) is 8.42 Å². The van der Waals surface area contributed by atoms with E-state index < -0.39 is 10.0 Å². The Kier molecular flexibility index (Phi) is 3.96. The molecule has 0 bridgehead atoms. The average Bonchev–Trinajstić information content (AvgIpc) is 2.91. The van der Waals surface area contributed by atoms with Gasteiger partial charge in [-0.1, -0.05) is 53.4 Å². The van der Waals surface area contributed by atoms with Crippen LogP contribution in [0.15, 0.2) is 57.9 Å². The van der Waals surface area contributed by atoms with Crippen LogP contribution in [0.4, 0.5) is 5.69 Å². The van der Waals surface area contributed by atoms with Gasteiger partial charge in [-0.2, -0.15) is 0 Å². The molecule has 1 spiro atoms. The molecular weight excluding hydrogens is 386 g/mol. The first-order valence-corrected chi connectivity index (χ1v) is 10.6. The molecule has 0 saturated heterocycles. The Morgan fingerprint density at radius 3 is 2.29 bits per heavy atom. The molecule has 2 aliphatic rings. The summed E-state index contributed by atoms with van der Waals surface area (Å²) in [6, 6.07) is 15.0. The van der Waals surface area contributed by atoms with Crippen molar-refractivity contribution in [1.29, 1.82) is 0 Å². The number of anilines is 1. The fourth-order valence-corrected chi connectivity index (χ4v) is 6.02. The van der Waals surface area contributed by atoms with Crippen molar-refractivity contribution in [3.8, 4) is 0 Å². The summed E-state index contributed by atoms with van der Waals surface area (Å²) in [5.41, 5.74) is 2.07. The van der Waals surface area contributed by atoms with Crippen molar-refractivity contribution in [2.24, 2.45) is 0 Å². The second kappa shape index (κ2) is 5.88. The van der Waals surface area contributed by atoms with Gasteiger partial charge in [-0.3, -0.25) is 4.31 Å². The van der Waals surface area contributed by atoms with Gasteiger partial charge < -0.3 is 0 Å². The van der Waals surface area contributed by atoms with Crippen molar-refractivity contribution in [2.75, 3.05) is 10.8 Å². The lowest BCUT2D eigenvalue weighted by Gasteiger charge is -2.34. The lowest BCUT2D eigenvalue weighted by Crippen LogP contribution is -2.38. The summed E-state index contributed by atoms with van der Waals surface area (Å²) < 4.78 is 29.0. The minimum Gasteiger partial charge on any atom is -0.265 e. The third-order valence-corrected chi connectivity index (χ3v) is 7.71. The maximum absolute atomic E-state index is 13.2. The van der Waals surface area contributed by atoms with E-state index in [4.69, 9.17) is 0 Å². The zero-order chi connectivity index (χ0) is 16.8. The number of hydrogen-bond acceptors (Lipinski definition) is 2. The predicted molar refractivity (Wildman–Crippen MR) is 99.9 cm³/mol. The third-order valence-electron chi connectivity index (χ3n) is 5.40. The largest absolute Gasteiger partial charge is 0.265 e. The molecule has 0 aromatic heterocycles. The normalized spacial score (nSPS) is 19.5. The van der Waals surface area contributed by atoms with Crippen molar-refractivity contribution in [1.82, 2.24) is 0 Å². The molecule has 1 fully saturated rings. The van der Waals surface area contributed by atoms with E-state index in [0.29, 0.717) is 11.4 Å². The second-order valence-electron chi connectivity index (χ2n) is 6.82. The van der Waals surface area contributed by atoms with E-state index in [1.807, 2.05) is 18.2 Å². The quantitative estimate of drug-likeness (QED) is 0.714. The molecule has 1 aliphatic carbocycles. The summed E-state index contributed by atoms with van der Waals surface area (Å²) in [4.78, 5) is 0.355. The number of benzene rings is 2. The van der Waals surface area contributed by atoms with E-state index in [1.54, 1.807) is 28.6 Å². The Hall–Kier alpha value is -1.33. The molecule has 0 amide bonds. The highest BCUT2D eigenvalue weighted by atomic mass is 79.9. The van der Waals surface area contributed by atoms with Crippen LogP contribution >= 0.6 is 15.9 Å². The van der Waals surface area contributed by atoms with Gasteiger partial charge in [-0.15, -0.1) is 0 Å². The summed E-state index contributed by atoms with van der Waals surface area (Å²) in [5, 5.41) is 0. The number of halogens is 1. The van der Waals surface area contributed by atoms with Gasteiger partial charge in [0.25, 0.3) is 10.0 Å². The maximum Gasteiger partial charge on any atom is 0.264 e. The number of fused-ring (bicyclic) bond motifs is 2. The van der Waals surface area contributed by atoms with Crippen LogP contribution in [0.25, 0.3) is 0 Å². The minimum atomic E-state index is -3.53. The molecule has 1 aliphatic heterocycles. The highest BCUT2D eigenvalue weighted by Gasteiger charge is 2.46. The fraction of sp³-hybridized carbons (Fsp3) is 0.368. The van der Waals surface area contributed by atoms with Gasteiger partial charge in [0.15, 0.2) is 0 Å². The van der Waals surface area contributed by atoms with Crippen molar-refractivity contribution in [3.05, 3.63) is 58.6 Å². The first-order valence-electron chi connectivity index (χ1n) is 8.41. The zero-order valence-electron chi connectivity index (χ0n) is 13.4. The molecule has 0 atom stereocenters. The van der Waals surface area contributed by atoms with E-state index in [9.17, 15) is 8.42 Å². The average molecular weight is 406 g/mol. The van der Waals surface area contributed by atoms with Gasteiger partial charge in [0, 0.05) is 16.4 Å². The highest BCUT2D eigenvalue weighted by molar-refractivity contribution is 9.10. The van der Waals surface area contributed by atoms with E-state index >= 15 is 0 Å². The number of nitrogens with zero attached hydrogens (tertiary/aromatic N) is 1. The molecule has 3 nitrogen and oxygen atoms in total. The molecule has 4 rings (SSSR count). The molecule has 1 saturated carbocycles. The van der Waals surface area contributed by atoms with Gasteiger partial charge in [0.2, 0.25) is 0 Å². The Bertz CT molecular complexity index is 855. The number of para-hydroxylation sites is 1. The molecular formula is C19H20BrNO2S. The monoisotopic (exact) mass is 405 g/mol. The number of rotatable bonds is 2. The van der Waals surface area contributed by atoms with Crippen molar-refractivity contribution in [2.45, 2.75) is 42.4 Å². The molecule has 126 valence electrons. The molecule has 5 heteroatoms. The van der Waals surface area contributed by atoms with Gasteiger partial charge in [0.05, 0.1) is 10.6 Å². The van der Waals surface area contributed by atoms with E-state index in [-0.39, 0.29) is 5.41 Å². The summed E-state index contributed by atoms with van der Waals surface area (Å²) in [5.74, 6) is 0. The van der Waals surface area contributed by atoms with Crippen LogP contribution in [0.3, 0.4) is 0 Å². The van der Waals surface area contributed by atoms with E-state index in [2.05, 4.69) is 22.0 Å². The van der Waals surface area contributed by atoms with Crippen molar-refractivity contribution < 1.29 is 8.42 Å². The standard InChI is InChI=1S/C19H20BrNO2S/c20-15-8-10-16(11-9-15)24(22,23)21-14-19(12-4-1-5-13-19)17-6-2-3-7-18(17)21/h2-3,6-11H,1,4-5,12-14H2. The Labute approximate surface area is 151 Å². The molecule has 0 N–H and O–H groups in total. The lowest BCUT2D eigenvalue weighted by molar-refractivity contribution is 0.315. The summed E-state index contributed by atoms with van der Waals surface area (Å²) in [6.45, 7) is 0.574. The smallest absolute Gasteiger partial charge is 0.264 e. The molecule has 24 heavy (non-hydrogen) atoms. The first kappa shape index (κ1) is 16.2. The summed E-state index contributed by atoms with van der Waals surface area (Å²) in [6.07, 6.45) is 5.77. The van der Waals surface area contributed by atoms with Crippen LogP contribution in [0.2, 0.25) is 0 Å². The molecule has 1 heterocycles. The summed E-state index contributed by atoms with van der Waals surface area (Å²) in [7, 11) is -3.53. The van der Waals surface area contributed by atoms with E-state index in [0.717, 1.165) is 23.0 Å². The predicted octanol–water partition coefficient (Wildman–Crippen LogP) is 4.86. The van der Waals surface area contributed by atoms with Crippen LogP contribution in [0.1, 0.15) is 37.7 Å². The Balaban J connectivity index is 1.80. The van der Waals surface area contributed by atoms with Gasteiger partial charge in [0.1, 0.15) is 0 Å². The van der Waals surface area contributed by atoms with Crippen LogP contribution < -0.4 is 4.31 Å². The zero-order valence-corrected chi connectivity index (χ0v) is 15.8. The third kappa shape index (κ3) is 2.49.